The molecule has 1 unspecified atom stereocenters. The summed E-state index contributed by atoms with van der Waals surface area (Å²) in [5.41, 5.74) is 5.50. The largest absolute Gasteiger partial charge is 0.481 e. The molecule has 1 amide bonds. The summed E-state index contributed by atoms with van der Waals surface area (Å²) in [5.74, 6) is -0.453. The molecule has 0 bridgehead atoms. The van der Waals surface area contributed by atoms with E-state index in [2.05, 4.69) is 10.2 Å². The van der Waals surface area contributed by atoms with Crippen LogP contribution in [0.3, 0.4) is 0 Å². The highest BCUT2D eigenvalue weighted by molar-refractivity contribution is 7.99. The summed E-state index contributed by atoms with van der Waals surface area (Å²) < 4.78 is 1.73. The van der Waals surface area contributed by atoms with Gasteiger partial charge in [0.1, 0.15) is 11.9 Å². The molecule has 1 aliphatic carbocycles. The third-order valence-corrected chi connectivity index (χ3v) is 4.09. The fourth-order valence-electron chi connectivity index (χ4n) is 2.15. The van der Waals surface area contributed by atoms with Crippen LogP contribution < -0.4 is 5.73 Å². The van der Waals surface area contributed by atoms with Crippen LogP contribution >= 0.6 is 11.8 Å². The smallest absolute Gasteiger partial charge is 0.313 e. The highest BCUT2D eigenvalue weighted by Crippen LogP contribution is 2.42. The average molecular weight is 298 g/mol. The highest BCUT2D eigenvalue weighted by Gasteiger charge is 2.35. The number of aromatic nitrogens is 3. The maximum absolute atomic E-state index is 11.7. The Morgan fingerprint density at radius 3 is 2.55 bits per heavy atom. The molecule has 2 rings (SSSR count). The molecular formula is C12H18N4O3S. The summed E-state index contributed by atoms with van der Waals surface area (Å²) >= 11 is 1.07. The molecule has 0 radical (unpaired) electrons. The zero-order valence-electron chi connectivity index (χ0n) is 11.4. The van der Waals surface area contributed by atoms with Gasteiger partial charge in [0, 0.05) is 5.92 Å². The Kier molecular flexibility index (Phi) is 4.32. The van der Waals surface area contributed by atoms with Crippen molar-refractivity contribution in [2.75, 3.05) is 5.75 Å². The summed E-state index contributed by atoms with van der Waals surface area (Å²) in [5, 5.41) is 17.4. The van der Waals surface area contributed by atoms with Crippen molar-refractivity contribution in [2.45, 2.75) is 43.8 Å². The quantitative estimate of drug-likeness (QED) is 0.727. The standard InChI is InChI=1S/C12H18N4O3S/c1-6(2)9(10(13)19)16-11(7-3-4-7)14-15-12(16)20-5-8(17)18/h6-7,9H,3-5H2,1-2H3,(H2,13,19)(H,17,18). The van der Waals surface area contributed by atoms with Gasteiger partial charge in [-0.25, -0.2) is 0 Å². The number of nitrogens with zero attached hydrogens (tertiary/aromatic N) is 3. The minimum absolute atomic E-state index is 0.00909. The van der Waals surface area contributed by atoms with E-state index in [-0.39, 0.29) is 11.7 Å². The van der Waals surface area contributed by atoms with Crippen molar-refractivity contribution >= 4 is 23.6 Å². The first kappa shape index (κ1) is 14.8. The summed E-state index contributed by atoms with van der Waals surface area (Å²) in [6, 6.07) is -0.545. The first-order chi connectivity index (χ1) is 9.41. The molecule has 0 spiro atoms. The molecule has 110 valence electrons. The lowest BCUT2D eigenvalue weighted by Crippen LogP contribution is -2.32. The highest BCUT2D eigenvalue weighted by atomic mass is 32.2. The van der Waals surface area contributed by atoms with Crippen molar-refractivity contribution in [3.8, 4) is 0 Å². The van der Waals surface area contributed by atoms with Gasteiger partial charge in [0.05, 0.1) is 5.75 Å². The van der Waals surface area contributed by atoms with Crippen LogP contribution in [0, 0.1) is 5.92 Å². The van der Waals surface area contributed by atoms with Crippen molar-refractivity contribution < 1.29 is 14.7 Å². The van der Waals surface area contributed by atoms with Gasteiger partial charge in [0.25, 0.3) is 0 Å². The van der Waals surface area contributed by atoms with E-state index in [4.69, 9.17) is 10.8 Å². The Morgan fingerprint density at radius 1 is 1.45 bits per heavy atom. The van der Waals surface area contributed by atoms with Crippen LogP contribution in [0.25, 0.3) is 0 Å². The number of hydrogen-bond acceptors (Lipinski definition) is 5. The number of carboxylic acids is 1. The van der Waals surface area contributed by atoms with Crippen LogP contribution in [0.5, 0.6) is 0 Å². The molecule has 1 saturated carbocycles. The van der Waals surface area contributed by atoms with Crippen LogP contribution in [-0.2, 0) is 9.59 Å². The SMILES string of the molecule is CC(C)C(C(N)=O)n1c(SCC(=O)O)nnc1C1CC1. The van der Waals surface area contributed by atoms with Crippen LogP contribution in [0.2, 0.25) is 0 Å². The predicted octanol–water partition coefficient (Wildman–Crippen LogP) is 1.01. The molecule has 20 heavy (non-hydrogen) atoms. The van der Waals surface area contributed by atoms with Crippen molar-refractivity contribution in [3.05, 3.63) is 5.82 Å². The Labute approximate surface area is 120 Å². The van der Waals surface area contributed by atoms with Crippen LogP contribution in [0.4, 0.5) is 0 Å². The average Bonchev–Trinajstić information content (AvgIpc) is 3.09. The molecule has 1 aromatic rings. The molecule has 8 heteroatoms. The molecule has 1 atom stereocenters. The second kappa shape index (κ2) is 5.82. The summed E-state index contributed by atoms with van der Waals surface area (Å²) in [7, 11) is 0. The fourth-order valence-corrected chi connectivity index (χ4v) is 2.85. The molecule has 0 saturated heterocycles. The normalized spacial score (nSPS) is 16.4. The van der Waals surface area contributed by atoms with Gasteiger partial charge >= 0.3 is 5.97 Å². The van der Waals surface area contributed by atoms with Crippen LogP contribution in [0.15, 0.2) is 5.16 Å². The summed E-state index contributed by atoms with van der Waals surface area (Å²) in [6.45, 7) is 3.80. The van der Waals surface area contributed by atoms with Crippen molar-refractivity contribution in [3.63, 3.8) is 0 Å². The number of aliphatic carboxylic acids is 1. The second-order valence-corrected chi connectivity index (χ2v) is 6.20. The minimum Gasteiger partial charge on any atom is -0.481 e. The lowest BCUT2D eigenvalue weighted by atomic mass is 10.0. The number of carboxylic acid groups (broad SMARTS) is 1. The molecule has 0 aromatic carbocycles. The minimum atomic E-state index is -0.933. The van der Waals surface area contributed by atoms with E-state index in [1.165, 1.54) is 0 Å². The van der Waals surface area contributed by atoms with E-state index >= 15 is 0 Å². The third kappa shape index (κ3) is 3.12. The molecule has 1 fully saturated rings. The topological polar surface area (TPSA) is 111 Å². The molecular weight excluding hydrogens is 280 g/mol. The first-order valence-corrected chi connectivity index (χ1v) is 7.49. The number of primary amides is 1. The first-order valence-electron chi connectivity index (χ1n) is 6.50. The van der Waals surface area contributed by atoms with Crippen LogP contribution in [-0.4, -0.2) is 37.5 Å². The number of nitrogens with two attached hydrogens (primary N) is 1. The summed E-state index contributed by atoms with van der Waals surface area (Å²) in [4.78, 5) is 22.4. The maximum atomic E-state index is 11.7. The number of carbonyl (C=O) groups is 2. The van der Waals surface area contributed by atoms with Gasteiger partial charge < -0.3 is 10.8 Å². The van der Waals surface area contributed by atoms with Gasteiger partial charge in [0.2, 0.25) is 5.91 Å². The van der Waals surface area contributed by atoms with Gasteiger partial charge in [-0.2, -0.15) is 0 Å². The Balaban J connectivity index is 2.37. The van der Waals surface area contributed by atoms with Crippen molar-refractivity contribution in [1.29, 1.82) is 0 Å². The zero-order chi connectivity index (χ0) is 14.9. The lowest BCUT2D eigenvalue weighted by molar-refractivity contribution is -0.133. The van der Waals surface area contributed by atoms with Gasteiger partial charge in [-0.1, -0.05) is 25.6 Å². The lowest BCUT2D eigenvalue weighted by Gasteiger charge is -2.22. The van der Waals surface area contributed by atoms with Gasteiger partial charge in [0.15, 0.2) is 5.16 Å². The molecule has 1 heterocycles. The Bertz CT molecular complexity index is 525. The molecule has 3 N–H and O–H groups in total. The van der Waals surface area contributed by atoms with E-state index in [0.29, 0.717) is 11.1 Å². The predicted molar refractivity (Wildman–Crippen MR) is 73.4 cm³/mol. The monoisotopic (exact) mass is 298 g/mol. The summed E-state index contributed by atoms with van der Waals surface area (Å²) in [6.07, 6.45) is 2.04. The van der Waals surface area contributed by atoms with E-state index < -0.39 is 17.9 Å². The molecule has 7 nitrogen and oxygen atoms in total. The molecule has 1 aromatic heterocycles. The molecule has 1 aliphatic rings. The van der Waals surface area contributed by atoms with E-state index in [1.54, 1.807) is 4.57 Å². The second-order valence-electron chi connectivity index (χ2n) is 5.26. The van der Waals surface area contributed by atoms with Gasteiger partial charge in [-0.3, -0.25) is 14.2 Å². The van der Waals surface area contributed by atoms with E-state index in [1.807, 2.05) is 13.8 Å². The Hall–Kier alpha value is -1.57. The van der Waals surface area contributed by atoms with Gasteiger partial charge in [-0.15, -0.1) is 10.2 Å². The number of carbonyl (C=O) groups excluding carboxylic acids is 1. The number of amides is 1. The van der Waals surface area contributed by atoms with E-state index in [9.17, 15) is 9.59 Å². The zero-order valence-corrected chi connectivity index (χ0v) is 12.3. The molecule has 0 aliphatic heterocycles. The third-order valence-electron chi connectivity index (χ3n) is 3.16. The van der Waals surface area contributed by atoms with Gasteiger partial charge in [-0.05, 0) is 18.8 Å². The number of hydrogen-bond donors (Lipinski definition) is 2. The van der Waals surface area contributed by atoms with Crippen LogP contribution in [0.1, 0.15) is 44.5 Å². The number of rotatable bonds is 7. The fraction of sp³-hybridized carbons (Fsp3) is 0.667. The number of thioether (sulfide) groups is 1. The maximum Gasteiger partial charge on any atom is 0.313 e. The van der Waals surface area contributed by atoms with E-state index in [0.717, 1.165) is 30.4 Å². The Morgan fingerprint density at radius 2 is 2.10 bits per heavy atom. The van der Waals surface area contributed by atoms with Crippen molar-refractivity contribution in [1.82, 2.24) is 14.8 Å². The van der Waals surface area contributed by atoms with Crippen molar-refractivity contribution in [2.24, 2.45) is 11.7 Å².